The molecule has 0 saturated heterocycles. The van der Waals surface area contributed by atoms with E-state index in [0.29, 0.717) is 6.42 Å². The van der Waals surface area contributed by atoms with Gasteiger partial charge < -0.3 is 9.47 Å². The summed E-state index contributed by atoms with van der Waals surface area (Å²) in [6.07, 6.45) is 9.41. The number of carbonyl (C=O) groups excluding carboxylic acids is 2. The molecule has 0 saturated carbocycles. The summed E-state index contributed by atoms with van der Waals surface area (Å²) in [6.45, 7) is 0. The topological polar surface area (TPSA) is 52.6 Å². The first-order chi connectivity index (χ1) is 8.69. The molecule has 1 rings (SSSR count). The highest BCUT2D eigenvalue weighted by atomic mass is 16.5. The molecule has 0 bridgehead atoms. The van der Waals surface area contributed by atoms with Crippen LogP contribution in [0.15, 0.2) is 11.6 Å². The van der Waals surface area contributed by atoms with Crippen LogP contribution >= 0.6 is 0 Å². The predicted octanol–water partition coefficient (Wildman–Crippen LogP) is 2.62. The fourth-order valence-corrected chi connectivity index (χ4v) is 2.28. The fraction of sp³-hybridized carbons (Fsp3) is 0.714. The lowest BCUT2D eigenvalue weighted by Crippen LogP contribution is -2.26. The standard InChI is InChI=1S/C14H22O4/c1-17-13(15)12(14(16)18-2)10-6-9-11-7-4-3-5-8-11/h7,12H,3-6,8-10H2,1-2H3. The van der Waals surface area contributed by atoms with E-state index < -0.39 is 17.9 Å². The minimum Gasteiger partial charge on any atom is -0.468 e. The van der Waals surface area contributed by atoms with Gasteiger partial charge in [0.25, 0.3) is 0 Å². The Morgan fingerprint density at radius 1 is 1.22 bits per heavy atom. The van der Waals surface area contributed by atoms with Crippen molar-refractivity contribution in [3.05, 3.63) is 11.6 Å². The fourth-order valence-electron chi connectivity index (χ4n) is 2.28. The summed E-state index contributed by atoms with van der Waals surface area (Å²) in [4.78, 5) is 22.9. The average molecular weight is 254 g/mol. The van der Waals surface area contributed by atoms with E-state index in [-0.39, 0.29) is 0 Å². The molecule has 18 heavy (non-hydrogen) atoms. The van der Waals surface area contributed by atoms with E-state index in [9.17, 15) is 9.59 Å². The highest BCUT2D eigenvalue weighted by molar-refractivity contribution is 5.94. The number of rotatable bonds is 6. The molecule has 0 aromatic carbocycles. The highest BCUT2D eigenvalue weighted by Crippen LogP contribution is 2.23. The van der Waals surface area contributed by atoms with Gasteiger partial charge in [-0.3, -0.25) is 9.59 Å². The molecule has 0 unspecified atom stereocenters. The summed E-state index contributed by atoms with van der Waals surface area (Å²) < 4.78 is 9.25. The molecule has 0 aromatic heterocycles. The van der Waals surface area contributed by atoms with E-state index >= 15 is 0 Å². The lowest BCUT2D eigenvalue weighted by atomic mass is 9.93. The van der Waals surface area contributed by atoms with Gasteiger partial charge in [-0.15, -0.1) is 0 Å². The highest BCUT2D eigenvalue weighted by Gasteiger charge is 2.27. The van der Waals surface area contributed by atoms with Crippen molar-refractivity contribution in [2.45, 2.75) is 44.9 Å². The Kier molecular flexibility index (Phi) is 6.47. The van der Waals surface area contributed by atoms with Crippen molar-refractivity contribution in [1.29, 1.82) is 0 Å². The van der Waals surface area contributed by atoms with Gasteiger partial charge in [0, 0.05) is 0 Å². The van der Waals surface area contributed by atoms with Crippen LogP contribution in [0.3, 0.4) is 0 Å². The lowest BCUT2D eigenvalue weighted by Gasteiger charge is -2.15. The molecule has 0 fully saturated rings. The van der Waals surface area contributed by atoms with Crippen LogP contribution in [0.25, 0.3) is 0 Å². The molecule has 0 N–H and O–H groups in total. The van der Waals surface area contributed by atoms with Crippen LogP contribution in [-0.2, 0) is 19.1 Å². The molecule has 0 aliphatic heterocycles. The molecule has 0 heterocycles. The summed E-state index contributed by atoms with van der Waals surface area (Å²) in [5.74, 6) is -1.77. The summed E-state index contributed by atoms with van der Waals surface area (Å²) in [7, 11) is 2.59. The second kappa shape index (κ2) is 7.90. The summed E-state index contributed by atoms with van der Waals surface area (Å²) in [6, 6.07) is 0. The zero-order valence-electron chi connectivity index (χ0n) is 11.2. The summed E-state index contributed by atoms with van der Waals surface area (Å²) in [5, 5.41) is 0. The number of carbonyl (C=O) groups is 2. The lowest BCUT2D eigenvalue weighted by molar-refractivity contribution is -0.159. The summed E-state index contributed by atoms with van der Waals surface area (Å²) in [5.41, 5.74) is 1.45. The summed E-state index contributed by atoms with van der Waals surface area (Å²) >= 11 is 0. The zero-order valence-corrected chi connectivity index (χ0v) is 11.2. The third kappa shape index (κ3) is 4.51. The number of hydrogen-bond donors (Lipinski definition) is 0. The Hall–Kier alpha value is -1.32. The van der Waals surface area contributed by atoms with E-state index in [2.05, 4.69) is 15.5 Å². The van der Waals surface area contributed by atoms with E-state index in [1.54, 1.807) is 0 Å². The van der Waals surface area contributed by atoms with Crippen molar-refractivity contribution in [2.24, 2.45) is 5.92 Å². The molecular weight excluding hydrogens is 232 g/mol. The molecule has 102 valence electrons. The van der Waals surface area contributed by atoms with Crippen molar-refractivity contribution in [2.75, 3.05) is 14.2 Å². The van der Waals surface area contributed by atoms with Gasteiger partial charge >= 0.3 is 11.9 Å². The van der Waals surface area contributed by atoms with Crippen LogP contribution in [-0.4, -0.2) is 26.2 Å². The maximum absolute atomic E-state index is 11.5. The Balaban J connectivity index is 2.39. The van der Waals surface area contributed by atoms with Gasteiger partial charge in [0.05, 0.1) is 14.2 Å². The Bertz CT molecular complexity index is 304. The molecule has 0 aromatic rings. The maximum atomic E-state index is 11.5. The smallest absolute Gasteiger partial charge is 0.320 e. The molecule has 1 aliphatic rings. The first kappa shape index (κ1) is 14.7. The van der Waals surface area contributed by atoms with Gasteiger partial charge in [0.2, 0.25) is 0 Å². The average Bonchev–Trinajstić information content (AvgIpc) is 2.43. The number of hydrogen-bond acceptors (Lipinski definition) is 4. The Morgan fingerprint density at radius 2 is 1.89 bits per heavy atom. The third-order valence-corrected chi connectivity index (χ3v) is 3.35. The number of esters is 2. The molecular formula is C14H22O4. The van der Waals surface area contributed by atoms with E-state index in [0.717, 1.165) is 25.7 Å². The van der Waals surface area contributed by atoms with Gasteiger partial charge in [-0.1, -0.05) is 11.6 Å². The maximum Gasteiger partial charge on any atom is 0.320 e. The van der Waals surface area contributed by atoms with E-state index in [1.807, 2.05) is 0 Å². The molecule has 1 aliphatic carbocycles. The van der Waals surface area contributed by atoms with Crippen molar-refractivity contribution in [3.8, 4) is 0 Å². The molecule has 0 spiro atoms. The van der Waals surface area contributed by atoms with E-state index in [1.165, 1.54) is 32.6 Å². The van der Waals surface area contributed by atoms with Crippen LogP contribution in [0.1, 0.15) is 44.9 Å². The van der Waals surface area contributed by atoms with Gasteiger partial charge in [0.15, 0.2) is 5.92 Å². The Labute approximate surface area is 108 Å². The molecule has 4 heteroatoms. The molecule has 4 nitrogen and oxygen atoms in total. The van der Waals surface area contributed by atoms with Gasteiger partial charge in [-0.2, -0.15) is 0 Å². The largest absolute Gasteiger partial charge is 0.468 e. The molecule has 0 amide bonds. The second-order valence-corrected chi connectivity index (χ2v) is 4.60. The Morgan fingerprint density at radius 3 is 2.39 bits per heavy atom. The number of allylic oxidation sites excluding steroid dienone is 2. The minimum atomic E-state index is -0.774. The van der Waals surface area contributed by atoms with Crippen LogP contribution in [0.4, 0.5) is 0 Å². The van der Waals surface area contributed by atoms with Gasteiger partial charge in [0.1, 0.15) is 0 Å². The number of methoxy groups -OCH3 is 2. The zero-order chi connectivity index (χ0) is 13.4. The molecule has 0 atom stereocenters. The quantitative estimate of drug-likeness (QED) is 0.415. The monoisotopic (exact) mass is 254 g/mol. The van der Waals surface area contributed by atoms with Crippen molar-refractivity contribution in [3.63, 3.8) is 0 Å². The van der Waals surface area contributed by atoms with Crippen LogP contribution in [0.5, 0.6) is 0 Å². The second-order valence-electron chi connectivity index (χ2n) is 4.60. The third-order valence-electron chi connectivity index (χ3n) is 3.35. The first-order valence-electron chi connectivity index (χ1n) is 6.52. The van der Waals surface area contributed by atoms with Gasteiger partial charge in [-0.25, -0.2) is 0 Å². The van der Waals surface area contributed by atoms with Crippen LogP contribution < -0.4 is 0 Å². The predicted molar refractivity (Wildman–Crippen MR) is 67.9 cm³/mol. The first-order valence-corrected chi connectivity index (χ1v) is 6.52. The minimum absolute atomic E-state index is 0.497. The SMILES string of the molecule is COC(=O)C(CCCC1=CCCCC1)C(=O)OC. The van der Waals surface area contributed by atoms with Crippen LogP contribution in [0.2, 0.25) is 0 Å². The van der Waals surface area contributed by atoms with Crippen molar-refractivity contribution in [1.82, 2.24) is 0 Å². The van der Waals surface area contributed by atoms with Gasteiger partial charge in [-0.05, 0) is 44.9 Å². The van der Waals surface area contributed by atoms with Crippen molar-refractivity contribution < 1.29 is 19.1 Å². The molecule has 0 radical (unpaired) electrons. The normalized spacial score (nSPS) is 15.2. The van der Waals surface area contributed by atoms with Crippen molar-refractivity contribution >= 4 is 11.9 Å². The van der Waals surface area contributed by atoms with Crippen LogP contribution in [0, 0.1) is 5.92 Å². The number of ether oxygens (including phenoxy) is 2. The van der Waals surface area contributed by atoms with E-state index in [4.69, 9.17) is 0 Å².